The number of amides is 2. The molecule has 0 radical (unpaired) electrons. The first kappa shape index (κ1) is 15.3. The molecule has 2 fully saturated rings. The number of hydrogen-bond acceptors (Lipinski definition) is 2. The van der Waals surface area contributed by atoms with Gasteiger partial charge in [0.15, 0.2) is 0 Å². The van der Waals surface area contributed by atoms with E-state index in [1.54, 1.807) is 23.1 Å². The molecule has 0 spiro atoms. The van der Waals surface area contributed by atoms with E-state index < -0.39 is 0 Å². The number of rotatable bonds is 2. The predicted octanol–water partition coefficient (Wildman–Crippen LogP) is 3.48. The van der Waals surface area contributed by atoms with Gasteiger partial charge in [0.05, 0.1) is 11.3 Å². The summed E-state index contributed by atoms with van der Waals surface area (Å²) in [6.07, 6.45) is 5.85. The second-order valence-corrected chi connectivity index (χ2v) is 6.45. The minimum absolute atomic E-state index is 0.0215. The molecule has 22 heavy (non-hydrogen) atoms. The molecule has 0 atom stereocenters. The molecule has 4 nitrogen and oxygen atoms in total. The van der Waals surface area contributed by atoms with Crippen molar-refractivity contribution in [1.29, 1.82) is 0 Å². The summed E-state index contributed by atoms with van der Waals surface area (Å²) in [4.78, 5) is 28.6. The lowest BCUT2D eigenvalue weighted by molar-refractivity contribution is -0.117. The topological polar surface area (TPSA) is 40.6 Å². The van der Waals surface area contributed by atoms with Crippen LogP contribution in [0.25, 0.3) is 0 Å². The van der Waals surface area contributed by atoms with Crippen LogP contribution in [-0.2, 0) is 4.79 Å². The highest BCUT2D eigenvalue weighted by Gasteiger charge is 2.28. The lowest BCUT2D eigenvalue weighted by Crippen LogP contribution is -2.34. The van der Waals surface area contributed by atoms with Crippen LogP contribution in [0.1, 0.15) is 48.9 Å². The Morgan fingerprint density at radius 2 is 1.73 bits per heavy atom. The fourth-order valence-corrected chi connectivity index (χ4v) is 3.42. The second kappa shape index (κ2) is 6.69. The van der Waals surface area contributed by atoms with E-state index in [1.807, 2.05) is 4.90 Å². The number of carbonyl (C=O) groups excluding carboxylic acids is 2. The zero-order valence-corrected chi connectivity index (χ0v) is 13.4. The molecule has 1 aromatic rings. The van der Waals surface area contributed by atoms with Crippen molar-refractivity contribution in [2.24, 2.45) is 0 Å². The largest absolute Gasteiger partial charge is 0.339 e. The number of hydrogen-bond donors (Lipinski definition) is 0. The highest BCUT2D eigenvalue weighted by Crippen LogP contribution is 2.30. The summed E-state index contributed by atoms with van der Waals surface area (Å²) in [5, 5.41) is 0.558. The predicted molar refractivity (Wildman–Crippen MR) is 87.4 cm³/mol. The quantitative estimate of drug-likeness (QED) is 0.837. The molecule has 0 aromatic heterocycles. The number of carbonyl (C=O) groups is 2. The van der Waals surface area contributed by atoms with E-state index in [0.29, 0.717) is 29.2 Å². The summed E-state index contributed by atoms with van der Waals surface area (Å²) < 4.78 is 0. The van der Waals surface area contributed by atoms with Crippen LogP contribution in [0.2, 0.25) is 5.02 Å². The van der Waals surface area contributed by atoms with Gasteiger partial charge in [-0.3, -0.25) is 9.59 Å². The fourth-order valence-electron chi connectivity index (χ4n) is 3.26. The molecule has 0 unspecified atom stereocenters. The Balaban J connectivity index is 1.92. The van der Waals surface area contributed by atoms with Crippen LogP contribution in [0.3, 0.4) is 0 Å². The van der Waals surface area contributed by atoms with Gasteiger partial charge in [-0.15, -0.1) is 0 Å². The first-order valence-corrected chi connectivity index (χ1v) is 8.44. The van der Waals surface area contributed by atoms with Gasteiger partial charge in [-0.2, -0.15) is 0 Å². The van der Waals surface area contributed by atoms with Crippen LogP contribution in [0.15, 0.2) is 18.2 Å². The van der Waals surface area contributed by atoms with Gasteiger partial charge in [-0.05, 0) is 37.5 Å². The standard InChI is InChI=1S/C17H21ClN2O2/c18-13-7-8-14(15(12-13)20-11-5-6-16(20)21)17(22)19-9-3-1-2-4-10-19/h7-8,12H,1-6,9-11H2. The molecule has 0 saturated carbocycles. The maximum atomic E-state index is 12.9. The summed E-state index contributed by atoms with van der Waals surface area (Å²) in [6, 6.07) is 5.24. The van der Waals surface area contributed by atoms with E-state index in [9.17, 15) is 9.59 Å². The lowest BCUT2D eigenvalue weighted by atomic mass is 10.1. The fraction of sp³-hybridized carbons (Fsp3) is 0.529. The van der Waals surface area contributed by atoms with E-state index in [-0.39, 0.29) is 11.8 Å². The number of likely N-dealkylation sites (tertiary alicyclic amines) is 1. The molecule has 0 aliphatic carbocycles. The lowest BCUT2D eigenvalue weighted by Gasteiger charge is -2.25. The number of anilines is 1. The number of benzene rings is 1. The average molecular weight is 321 g/mol. The van der Waals surface area contributed by atoms with Crippen molar-refractivity contribution < 1.29 is 9.59 Å². The van der Waals surface area contributed by atoms with E-state index in [2.05, 4.69) is 0 Å². The minimum Gasteiger partial charge on any atom is -0.339 e. The zero-order chi connectivity index (χ0) is 15.5. The Hall–Kier alpha value is -1.55. The summed E-state index contributed by atoms with van der Waals surface area (Å²) in [7, 11) is 0. The van der Waals surface area contributed by atoms with Crippen molar-refractivity contribution in [2.45, 2.75) is 38.5 Å². The molecule has 0 N–H and O–H groups in total. The van der Waals surface area contributed by atoms with E-state index in [4.69, 9.17) is 11.6 Å². The van der Waals surface area contributed by atoms with Crippen molar-refractivity contribution in [2.75, 3.05) is 24.5 Å². The molecule has 118 valence electrons. The van der Waals surface area contributed by atoms with E-state index in [1.165, 1.54) is 12.8 Å². The van der Waals surface area contributed by atoms with Gasteiger partial charge in [0.2, 0.25) is 5.91 Å². The minimum atomic E-state index is 0.0215. The second-order valence-electron chi connectivity index (χ2n) is 6.02. The molecular formula is C17H21ClN2O2. The van der Waals surface area contributed by atoms with Crippen molar-refractivity contribution in [3.63, 3.8) is 0 Å². The molecule has 5 heteroatoms. The Kier molecular flexibility index (Phi) is 4.67. The van der Waals surface area contributed by atoms with Gasteiger partial charge in [0.25, 0.3) is 5.91 Å². The van der Waals surface area contributed by atoms with Gasteiger partial charge >= 0.3 is 0 Å². The van der Waals surface area contributed by atoms with Crippen LogP contribution < -0.4 is 4.90 Å². The summed E-state index contributed by atoms with van der Waals surface area (Å²) in [5.41, 5.74) is 1.27. The molecule has 2 aliphatic heterocycles. The third kappa shape index (κ3) is 3.12. The van der Waals surface area contributed by atoms with E-state index in [0.717, 1.165) is 32.4 Å². The van der Waals surface area contributed by atoms with Gasteiger partial charge in [-0.25, -0.2) is 0 Å². The normalized spacial score (nSPS) is 19.4. The van der Waals surface area contributed by atoms with Crippen LogP contribution in [0.4, 0.5) is 5.69 Å². The van der Waals surface area contributed by atoms with Crippen molar-refractivity contribution >= 4 is 29.1 Å². The third-order valence-electron chi connectivity index (χ3n) is 4.45. The van der Waals surface area contributed by atoms with Crippen molar-refractivity contribution in [1.82, 2.24) is 4.90 Å². The Morgan fingerprint density at radius 3 is 2.36 bits per heavy atom. The molecular weight excluding hydrogens is 300 g/mol. The smallest absolute Gasteiger partial charge is 0.255 e. The van der Waals surface area contributed by atoms with Gasteiger partial charge in [0.1, 0.15) is 0 Å². The van der Waals surface area contributed by atoms with Gasteiger partial charge in [0, 0.05) is 31.1 Å². The summed E-state index contributed by atoms with van der Waals surface area (Å²) >= 11 is 6.10. The number of halogens is 1. The third-order valence-corrected chi connectivity index (χ3v) is 4.68. The molecule has 2 amide bonds. The van der Waals surface area contributed by atoms with Crippen LogP contribution in [0.5, 0.6) is 0 Å². The van der Waals surface area contributed by atoms with Crippen molar-refractivity contribution in [3.8, 4) is 0 Å². The first-order valence-electron chi connectivity index (χ1n) is 8.06. The zero-order valence-electron chi connectivity index (χ0n) is 12.7. The molecule has 2 saturated heterocycles. The molecule has 1 aromatic carbocycles. The SMILES string of the molecule is O=C(c1ccc(Cl)cc1N1CCCC1=O)N1CCCCCC1. The molecule has 2 heterocycles. The van der Waals surface area contributed by atoms with Crippen LogP contribution in [-0.4, -0.2) is 36.3 Å². The first-order chi connectivity index (χ1) is 10.7. The maximum absolute atomic E-state index is 12.9. The Morgan fingerprint density at radius 1 is 1.00 bits per heavy atom. The highest BCUT2D eigenvalue weighted by atomic mass is 35.5. The Bertz CT molecular complexity index is 580. The highest BCUT2D eigenvalue weighted by molar-refractivity contribution is 6.31. The average Bonchev–Trinajstić information content (AvgIpc) is 2.76. The van der Waals surface area contributed by atoms with E-state index >= 15 is 0 Å². The van der Waals surface area contributed by atoms with Gasteiger partial charge < -0.3 is 9.80 Å². The van der Waals surface area contributed by atoms with Crippen LogP contribution >= 0.6 is 11.6 Å². The Labute approximate surface area is 136 Å². The van der Waals surface area contributed by atoms with Crippen molar-refractivity contribution in [3.05, 3.63) is 28.8 Å². The maximum Gasteiger partial charge on any atom is 0.255 e. The van der Waals surface area contributed by atoms with Gasteiger partial charge in [-0.1, -0.05) is 24.4 Å². The monoisotopic (exact) mass is 320 g/mol. The number of nitrogens with zero attached hydrogens (tertiary/aromatic N) is 2. The summed E-state index contributed by atoms with van der Waals surface area (Å²) in [5.74, 6) is 0.0976. The molecule has 0 bridgehead atoms. The van der Waals surface area contributed by atoms with Crippen LogP contribution in [0, 0.1) is 0 Å². The molecule has 3 rings (SSSR count). The summed E-state index contributed by atoms with van der Waals surface area (Å²) in [6.45, 7) is 2.27. The molecule has 2 aliphatic rings.